The van der Waals surface area contributed by atoms with Gasteiger partial charge in [-0.2, -0.15) is 0 Å². The Hall–Kier alpha value is -1.75. The fourth-order valence-corrected chi connectivity index (χ4v) is 7.18. The van der Waals surface area contributed by atoms with E-state index in [-0.39, 0.29) is 17.5 Å². The van der Waals surface area contributed by atoms with Crippen LogP contribution >= 0.6 is 0 Å². The maximum atomic E-state index is 13.2. The van der Waals surface area contributed by atoms with Gasteiger partial charge in [0.25, 0.3) is 5.91 Å². The molecule has 4 aliphatic carbocycles. The molecule has 1 aromatic rings. The van der Waals surface area contributed by atoms with Crippen LogP contribution in [-0.4, -0.2) is 50.8 Å². The predicted molar refractivity (Wildman–Crippen MR) is 114 cm³/mol. The molecule has 0 unspecified atom stereocenters. The van der Waals surface area contributed by atoms with Crippen molar-refractivity contribution in [1.82, 2.24) is 5.32 Å². The zero-order valence-electron chi connectivity index (χ0n) is 18.0. The highest BCUT2D eigenvalue weighted by molar-refractivity contribution is 5.80. The number of amides is 1. The van der Waals surface area contributed by atoms with Crippen LogP contribution in [0.3, 0.4) is 0 Å². The number of nitrogens with one attached hydrogen (secondary N) is 2. The minimum Gasteiger partial charge on any atom is -0.495 e. The first-order valence-corrected chi connectivity index (χ1v) is 11.6. The summed E-state index contributed by atoms with van der Waals surface area (Å²) in [5.41, 5.74) is 1.29. The Morgan fingerprint density at radius 1 is 1.10 bits per heavy atom. The van der Waals surface area contributed by atoms with Gasteiger partial charge < -0.3 is 19.9 Å². The largest absolute Gasteiger partial charge is 0.495 e. The third kappa shape index (κ3) is 3.63. The van der Waals surface area contributed by atoms with Crippen molar-refractivity contribution in [3.8, 4) is 5.75 Å². The van der Waals surface area contributed by atoms with E-state index >= 15 is 0 Å². The van der Waals surface area contributed by atoms with E-state index in [1.165, 1.54) is 49.1 Å². The smallest absolute Gasteiger partial charge is 0.278 e. The van der Waals surface area contributed by atoms with E-state index in [1.54, 1.807) is 7.11 Å². The average molecular weight is 399 g/mol. The molecular formula is C24H36N3O2+. The summed E-state index contributed by atoms with van der Waals surface area (Å²) in [4.78, 5) is 17.0. The first kappa shape index (κ1) is 19.2. The molecule has 1 amide bonds. The monoisotopic (exact) mass is 398 g/mol. The quantitative estimate of drug-likeness (QED) is 0.796. The van der Waals surface area contributed by atoms with E-state index in [1.807, 2.05) is 12.1 Å². The highest BCUT2D eigenvalue weighted by Gasteiger charge is 2.52. The second-order valence-electron chi connectivity index (χ2n) is 10.2. The lowest BCUT2D eigenvalue weighted by atomic mass is 9.53. The van der Waals surface area contributed by atoms with Gasteiger partial charge in [0.1, 0.15) is 5.75 Å². The molecular weight excluding hydrogens is 362 g/mol. The summed E-state index contributed by atoms with van der Waals surface area (Å²) in [5, 5.41) is 3.59. The Labute approximate surface area is 174 Å². The molecule has 5 aliphatic rings. The zero-order chi connectivity index (χ0) is 20.0. The highest BCUT2D eigenvalue weighted by atomic mass is 16.5. The number of hydrogen-bond acceptors (Lipinski definition) is 3. The van der Waals surface area contributed by atoms with Crippen molar-refractivity contribution in [2.45, 2.75) is 57.0 Å². The molecule has 5 fully saturated rings. The lowest BCUT2D eigenvalue weighted by Gasteiger charge is -2.57. The van der Waals surface area contributed by atoms with Crippen LogP contribution in [0, 0.1) is 17.8 Å². The number of hydrogen-bond donors (Lipinski definition) is 2. The molecule has 1 aromatic carbocycles. The number of carbonyl (C=O) groups is 1. The van der Waals surface area contributed by atoms with Gasteiger partial charge in [-0.1, -0.05) is 12.1 Å². The van der Waals surface area contributed by atoms with Gasteiger partial charge >= 0.3 is 0 Å². The number of quaternary nitrogens is 1. The van der Waals surface area contributed by atoms with Crippen molar-refractivity contribution < 1.29 is 14.4 Å². The maximum Gasteiger partial charge on any atom is 0.278 e. The number of para-hydroxylation sites is 2. The van der Waals surface area contributed by atoms with Crippen LogP contribution in [-0.2, 0) is 4.79 Å². The number of rotatable bonds is 5. The molecule has 1 saturated heterocycles. The van der Waals surface area contributed by atoms with Gasteiger partial charge in [-0.15, -0.1) is 0 Å². The molecule has 6 rings (SSSR count). The topological polar surface area (TPSA) is 46.0 Å². The van der Waals surface area contributed by atoms with Gasteiger partial charge in [0.05, 0.1) is 39.0 Å². The number of benzene rings is 1. The van der Waals surface area contributed by atoms with Crippen molar-refractivity contribution in [2.24, 2.45) is 17.8 Å². The number of ether oxygens (including phenoxy) is 1. The van der Waals surface area contributed by atoms with Crippen LogP contribution in [0.4, 0.5) is 5.69 Å². The van der Waals surface area contributed by atoms with Crippen LogP contribution in [0.15, 0.2) is 24.3 Å². The number of anilines is 1. The molecule has 0 aromatic heterocycles. The Bertz CT molecular complexity index is 721. The van der Waals surface area contributed by atoms with Crippen LogP contribution < -0.4 is 19.9 Å². The van der Waals surface area contributed by atoms with Crippen molar-refractivity contribution in [1.29, 1.82) is 0 Å². The third-order valence-electron chi connectivity index (χ3n) is 8.26. The SMILES string of the molecule is COc1ccccc1N1CC[NH+]([C@H](C)C(=O)NC23CC4CC(CC(C4)C2)C3)CC1. The second-order valence-corrected chi connectivity index (χ2v) is 10.2. The van der Waals surface area contributed by atoms with Crippen molar-refractivity contribution in [2.75, 3.05) is 38.2 Å². The molecule has 2 N–H and O–H groups in total. The normalized spacial score (nSPS) is 34.8. The molecule has 0 spiro atoms. The highest BCUT2D eigenvalue weighted by Crippen LogP contribution is 2.55. The first-order valence-electron chi connectivity index (χ1n) is 11.6. The van der Waals surface area contributed by atoms with Crippen molar-refractivity contribution in [3.05, 3.63) is 24.3 Å². The Kier molecular flexibility index (Phi) is 4.97. The predicted octanol–water partition coefficient (Wildman–Crippen LogP) is 1.87. The van der Waals surface area contributed by atoms with Crippen LogP contribution in [0.2, 0.25) is 0 Å². The van der Waals surface area contributed by atoms with Gasteiger partial charge in [-0.3, -0.25) is 4.79 Å². The molecule has 4 bridgehead atoms. The molecule has 29 heavy (non-hydrogen) atoms. The summed E-state index contributed by atoms with van der Waals surface area (Å²) < 4.78 is 5.53. The third-order valence-corrected chi connectivity index (χ3v) is 8.26. The van der Waals surface area contributed by atoms with E-state index in [2.05, 4.69) is 29.3 Å². The first-order chi connectivity index (χ1) is 14.0. The Balaban J connectivity index is 1.19. The number of methoxy groups -OCH3 is 1. The fraction of sp³-hybridized carbons (Fsp3) is 0.708. The molecule has 5 heteroatoms. The average Bonchev–Trinajstić information content (AvgIpc) is 2.72. The minimum absolute atomic E-state index is 0.0304. The maximum absolute atomic E-state index is 13.2. The standard InChI is InChI=1S/C24H35N3O2/c1-17(23(28)25-24-14-18-11-19(15-24)13-20(12-18)16-24)26-7-9-27(10-8-26)21-5-3-4-6-22(21)29-2/h3-6,17-20H,7-16H2,1-2H3,(H,25,28)/p+1/t17-,18?,19?,20?,24?/m1/s1. The van der Waals surface area contributed by atoms with Gasteiger partial charge in [0.2, 0.25) is 0 Å². The number of nitrogens with zero attached hydrogens (tertiary/aromatic N) is 1. The van der Waals surface area contributed by atoms with Gasteiger partial charge in [0, 0.05) is 5.54 Å². The van der Waals surface area contributed by atoms with E-state index < -0.39 is 0 Å². The van der Waals surface area contributed by atoms with Crippen molar-refractivity contribution in [3.63, 3.8) is 0 Å². The van der Waals surface area contributed by atoms with E-state index in [0.717, 1.165) is 49.7 Å². The van der Waals surface area contributed by atoms with Crippen LogP contribution in [0.1, 0.15) is 45.4 Å². The molecule has 1 aliphatic heterocycles. The Morgan fingerprint density at radius 3 is 2.28 bits per heavy atom. The molecule has 4 saturated carbocycles. The summed E-state index contributed by atoms with van der Waals surface area (Å²) >= 11 is 0. The summed E-state index contributed by atoms with van der Waals surface area (Å²) in [6.07, 6.45) is 7.94. The minimum atomic E-state index is 0.0304. The van der Waals surface area contributed by atoms with Crippen molar-refractivity contribution >= 4 is 11.6 Å². The Morgan fingerprint density at radius 2 is 1.69 bits per heavy atom. The van der Waals surface area contributed by atoms with Gasteiger partial charge in [0.15, 0.2) is 6.04 Å². The van der Waals surface area contributed by atoms with Gasteiger partial charge in [-0.25, -0.2) is 0 Å². The van der Waals surface area contributed by atoms with E-state index in [4.69, 9.17) is 4.74 Å². The summed E-state index contributed by atoms with van der Waals surface area (Å²) in [6.45, 7) is 6.04. The molecule has 0 radical (unpaired) electrons. The van der Waals surface area contributed by atoms with Crippen LogP contribution in [0.5, 0.6) is 5.75 Å². The second kappa shape index (κ2) is 7.50. The van der Waals surface area contributed by atoms with Gasteiger partial charge in [-0.05, 0) is 75.3 Å². The summed E-state index contributed by atoms with van der Waals surface area (Å²) in [5.74, 6) is 3.83. The number of piperazine rings is 1. The summed E-state index contributed by atoms with van der Waals surface area (Å²) in [7, 11) is 1.73. The molecule has 1 heterocycles. The molecule has 5 nitrogen and oxygen atoms in total. The lowest BCUT2D eigenvalue weighted by molar-refractivity contribution is -0.914. The lowest BCUT2D eigenvalue weighted by Crippen LogP contribution is -3.19. The number of carbonyl (C=O) groups excluding carboxylic acids is 1. The zero-order valence-corrected chi connectivity index (χ0v) is 18.0. The molecule has 1 atom stereocenters. The van der Waals surface area contributed by atoms with Crippen LogP contribution in [0.25, 0.3) is 0 Å². The summed E-state index contributed by atoms with van der Waals surface area (Å²) in [6, 6.07) is 8.27. The van der Waals surface area contributed by atoms with E-state index in [0.29, 0.717) is 0 Å². The fourth-order valence-electron chi connectivity index (χ4n) is 7.18. The van der Waals surface area contributed by atoms with E-state index in [9.17, 15) is 4.79 Å². The molecule has 158 valence electrons.